The number of hydrogen-bond donors (Lipinski definition) is 1. The van der Waals surface area contributed by atoms with Gasteiger partial charge in [0.05, 0.1) is 11.4 Å². The van der Waals surface area contributed by atoms with E-state index in [0.717, 1.165) is 19.4 Å². The number of ether oxygens (including phenoxy) is 1. The summed E-state index contributed by atoms with van der Waals surface area (Å²) < 4.78 is 33.0. The standard InChI is InChI=1S/C22H25F2N7O2/c1-3-25-22(32)17-5-4-12-30(17)19-10-11-20(28-27-19)33-13-18-14(2)26-29-31(18)16-8-6-15(7-9-16)21(23)24/h6-11,17,21H,3-5,12-13H2,1-2H3,(H,25,32)/t17-/m1/s1. The molecule has 1 N–H and O–H groups in total. The van der Waals surface area contributed by atoms with Crippen LogP contribution < -0.4 is 15.0 Å². The first-order valence-corrected chi connectivity index (χ1v) is 10.8. The largest absolute Gasteiger partial charge is 0.470 e. The van der Waals surface area contributed by atoms with Crippen LogP contribution in [0.2, 0.25) is 0 Å². The van der Waals surface area contributed by atoms with Gasteiger partial charge in [0.15, 0.2) is 5.82 Å². The summed E-state index contributed by atoms with van der Waals surface area (Å²) in [5.74, 6) is 0.931. The molecule has 1 aliphatic heterocycles. The number of rotatable bonds is 8. The number of carbonyl (C=O) groups excluding carboxylic acids is 1. The highest BCUT2D eigenvalue weighted by Gasteiger charge is 2.31. The molecule has 3 heterocycles. The smallest absolute Gasteiger partial charge is 0.263 e. The van der Waals surface area contributed by atoms with E-state index < -0.39 is 6.43 Å². The topological polar surface area (TPSA) is 98.1 Å². The zero-order valence-electron chi connectivity index (χ0n) is 18.4. The molecule has 0 radical (unpaired) electrons. The number of nitrogens with one attached hydrogen (secondary N) is 1. The van der Waals surface area contributed by atoms with E-state index in [1.165, 1.54) is 12.1 Å². The fraction of sp³-hybridized carbons (Fsp3) is 0.409. The number of hydrogen-bond acceptors (Lipinski definition) is 7. The summed E-state index contributed by atoms with van der Waals surface area (Å²) in [6.07, 6.45) is -0.839. The van der Waals surface area contributed by atoms with E-state index in [-0.39, 0.29) is 24.1 Å². The molecule has 0 aliphatic carbocycles. The number of halogens is 2. The van der Waals surface area contributed by atoms with Gasteiger partial charge in [-0.05, 0) is 44.9 Å². The Labute approximate surface area is 189 Å². The lowest BCUT2D eigenvalue weighted by molar-refractivity contribution is -0.122. The average Bonchev–Trinajstić information content (AvgIpc) is 3.45. The minimum absolute atomic E-state index is 0.00468. The number of nitrogens with zero attached hydrogens (tertiary/aromatic N) is 6. The van der Waals surface area contributed by atoms with Crippen LogP contribution in [-0.4, -0.2) is 50.2 Å². The lowest BCUT2D eigenvalue weighted by Gasteiger charge is -2.24. The monoisotopic (exact) mass is 457 g/mol. The SMILES string of the molecule is CCNC(=O)[C@H]1CCCN1c1ccc(OCc2c(C)nnn2-c2ccc(C(F)F)cc2)nn1. The van der Waals surface area contributed by atoms with Gasteiger partial charge in [-0.25, -0.2) is 13.5 Å². The second-order valence-electron chi connectivity index (χ2n) is 7.69. The normalized spacial score (nSPS) is 15.8. The van der Waals surface area contributed by atoms with Gasteiger partial charge in [-0.2, -0.15) is 0 Å². The highest BCUT2D eigenvalue weighted by Crippen LogP contribution is 2.25. The molecule has 1 amide bonds. The van der Waals surface area contributed by atoms with Gasteiger partial charge >= 0.3 is 0 Å². The molecule has 0 unspecified atom stereocenters. The van der Waals surface area contributed by atoms with E-state index >= 15 is 0 Å². The molecule has 1 aromatic carbocycles. The minimum Gasteiger partial charge on any atom is -0.470 e. The number of aromatic nitrogens is 5. The van der Waals surface area contributed by atoms with E-state index in [2.05, 4.69) is 25.8 Å². The van der Waals surface area contributed by atoms with Crippen LogP contribution in [0.5, 0.6) is 5.88 Å². The Hall–Kier alpha value is -3.63. The quantitative estimate of drug-likeness (QED) is 0.555. The zero-order valence-corrected chi connectivity index (χ0v) is 18.4. The summed E-state index contributed by atoms with van der Waals surface area (Å²) in [4.78, 5) is 14.2. The molecule has 0 spiro atoms. The fourth-order valence-corrected chi connectivity index (χ4v) is 3.80. The third-order valence-corrected chi connectivity index (χ3v) is 5.53. The van der Waals surface area contributed by atoms with Crippen molar-refractivity contribution < 1.29 is 18.3 Å². The van der Waals surface area contributed by atoms with Crippen LogP contribution in [0.4, 0.5) is 14.6 Å². The maximum absolute atomic E-state index is 12.8. The Kier molecular flexibility index (Phi) is 6.76. The van der Waals surface area contributed by atoms with Crippen molar-refractivity contribution in [3.05, 3.63) is 53.3 Å². The maximum Gasteiger partial charge on any atom is 0.263 e. The lowest BCUT2D eigenvalue weighted by atomic mass is 10.2. The predicted octanol–water partition coefficient (Wildman–Crippen LogP) is 2.99. The van der Waals surface area contributed by atoms with Crippen molar-refractivity contribution in [2.45, 2.75) is 45.8 Å². The van der Waals surface area contributed by atoms with Gasteiger partial charge in [0.2, 0.25) is 11.8 Å². The van der Waals surface area contributed by atoms with Crippen LogP contribution in [0.15, 0.2) is 36.4 Å². The number of carbonyl (C=O) groups is 1. The summed E-state index contributed by atoms with van der Waals surface area (Å²) in [5.41, 5.74) is 1.86. The van der Waals surface area contributed by atoms with Crippen LogP contribution in [-0.2, 0) is 11.4 Å². The lowest BCUT2D eigenvalue weighted by Crippen LogP contribution is -2.43. The first-order chi connectivity index (χ1) is 16.0. The molecule has 33 heavy (non-hydrogen) atoms. The van der Waals surface area contributed by atoms with E-state index in [0.29, 0.717) is 35.3 Å². The van der Waals surface area contributed by atoms with Crippen molar-refractivity contribution in [3.8, 4) is 11.6 Å². The third kappa shape index (κ3) is 4.91. The van der Waals surface area contributed by atoms with Gasteiger partial charge in [-0.3, -0.25) is 4.79 Å². The van der Waals surface area contributed by atoms with Gasteiger partial charge < -0.3 is 15.0 Å². The highest BCUT2D eigenvalue weighted by atomic mass is 19.3. The minimum atomic E-state index is -2.53. The summed E-state index contributed by atoms with van der Waals surface area (Å²) >= 11 is 0. The molecule has 11 heteroatoms. The number of amides is 1. The number of likely N-dealkylation sites (N-methyl/N-ethyl adjacent to an activating group) is 1. The maximum atomic E-state index is 12.8. The van der Waals surface area contributed by atoms with Crippen molar-refractivity contribution in [1.29, 1.82) is 0 Å². The fourth-order valence-electron chi connectivity index (χ4n) is 3.80. The van der Waals surface area contributed by atoms with Gasteiger partial charge in [-0.15, -0.1) is 15.3 Å². The Morgan fingerprint density at radius 2 is 1.97 bits per heavy atom. The van der Waals surface area contributed by atoms with E-state index in [1.54, 1.807) is 35.9 Å². The van der Waals surface area contributed by atoms with Crippen molar-refractivity contribution in [2.75, 3.05) is 18.0 Å². The van der Waals surface area contributed by atoms with Crippen LogP contribution in [0, 0.1) is 6.92 Å². The first-order valence-electron chi connectivity index (χ1n) is 10.8. The number of benzene rings is 1. The molecule has 9 nitrogen and oxygen atoms in total. The van der Waals surface area contributed by atoms with E-state index in [9.17, 15) is 13.6 Å². The molecule has 4 rings (SSSR count). The molecule has 2 aromatic heterocycles. The summed E-state index contributed by atoms with van der Waals surface area (Å²) in [5, 5.41) is 19.4. The summed E-state index contributed by atoms with van der Waals surface area (Å²) in [6, 6.07) is 9.09. The van der Waals surface area contributed by atoms with Crippen molar-refractivity contribution in [2.24, 2.45) is 0 Å². The first kappa shape index (κ1) is 22.6. The molecule has 1 saturated heterocycles. The molecule has 1 atom stereocenters. The molecule has 0 saturated carbocycles. The zero-order chi connectivity index (χ0) is 23.4. The predicted molar refractivity (Wildman–Crippen MR) is 116 cm³/mol. The van der Waals surface area contributed by atoms with Gasteiger partial charge in [0, 0.05) is 24.7 Å². The molecule has 0 bridgehead atoms. The van der Waals surface area contributed by atoms with E-state index in [1.807, 2.05) is 11.8 Å². The number of aryl methyl sites for hydroxylation is 1. The second kappa shape index (κ2) is 9.88. The van der Waals surface area contributed by atoms with Crippen LogP contribution in [0.3, 0.4) is 0 Å². The van der Waals surface area contributed by atoms with Gasteiger partial charge in [0.25, 0.3) is 6.43 Å². The van der Waals surface area contributed by atoms with E-state index in [4.69, 9.17) is 4.74 Å². The van der Waals surface area contributed by atoms with Crippen molar-refractivity contribution >= 4 is 11.7 Å². The van der Waals surface area contributed by atoms with Crippen molar-refractivity contribution in [1.82, 2.24) is 30.5 Å². The second-order valence-corrected chi connectivity index (χ2v) is 7.69. The highest BCUT2D eigenvalue weighted by molar-refractivity contribution is 5.85. The summed E-state index contributed by atoms with van der Waals surface area (Å²) in [6.45, 7) is 5.13. The molecule has 174 valence electrons. The Morgan fingerprint density at radius 3 is 2.64 bits per heavy atom. The molecule has 1 aliphatic rings. The molecular weight excluding hydrogens is 432 g/mol. The molecular formula is C22H25F2N7O2. The van der Waals surface area contributed by atoms with Gasteiger partial charge in [0.1, 0.15) is 18.3 Å². The van der Waals surface area contributed by atoms with Crippen LogP contribution in [0.25, 0.3) is 5.69 Å². The van der Waals surface area contributed by atoms with Crippen molar-refractivity contribution in [3.63, 3.8) is 0 Å². The summed E-state index contributed by atoms with van der Waals surface area (Å²) in [7, 11) is 0. The average molecular weight is 457 g/mol. The third-order valence-electron chi connectivity index (χ3n) is 5.53. The number of alkyl halides is 2. The van der Waals surface area contributed by atoms with Crippen LogP contribution >= 0.6 is 0 Å². The Bertz CT molecular complexity index is 1090. The molecule has 1 fully saturated rings. The molecule has 3 aromatic rings. The van der Waals surface area contributed by atoms with Gasteiger partial charge in [-0.1, -0.05) is 17.3 Å². The Balaban J connectivity index is 1.44. The Morgan fingerprint density at radius 1 is 1.18 bits per heavy atom. The van der Waals surface area contributed by atoms with Crippen LogP contribution in [0.1, 0.15) is 43.1 Å². The number of anilines is 1.